The van der Waals surface area contributed by atoms with Crippen LogP contribution in [0.5, 0.6) is 0 Å². The number of nitrogens with zero attached hydrogens (tertiary/aromatic N) is 2. The first-order valence-electron chi connectivity index (χ1n) is 9.01. The minimum absolute atomic E-state index is 0.125. The monoisotopic (exact) mass is 315 g/mol. The van der Waals surface area contributed by atoms with Crippen molar-refractivity contribution in [3.63, 3.8) is 0 Å². The Morgan fingerprint density at radius 3 is 2.52 bits per heavy atom. The summed E-state index contributed by atoms with van der Waals surface area (Å²) in [6.07, 6.45) is 4.67. The van der Waals surface area contributed by atoms with Gasteiger partial charge in [0.15, 0.2) is 5.96 Å². The van der Waals surface area contributed by atoms with E-state index in [-0.39, 0.29) is 5.41 Å². The second kappa shape index (κ2) is 7.82. The molecule has 0 aliphatic carbocycles. The molecule has 3 rings (SSSR count). The Bertz CT molecular complexity index is 503. The molecule has 0 unspecified atom stereocenters. The third-order valence-electron chi connectivity index (χ3n) is 5.11. The molecule has 2 aliphatic rings. The molecular weight excluding hydrogens is 286 g/mol. The average molecular weight is 315 g/mol. The van der Waals surface area contributed by atoms with E-state index in [0.717, 1.165) is 58.2 Å². The van der Waals surface area contributed by atoms with E-state index in [0.29, 0.717) is 0 Å². The molecule has 2 aliphatic heterocycles. The van der Waals surface area contributed by atoms with E-state index in [1.54, 1.807) is 0 Å². The molecule has 1 N–H and O–H groups in total. The van der Waals surface area contributed by atoms with E-state index < -0.39 is 0 Å². The van der Waals surface area contributed by atoms with Gasteiger partial charge >= 0.3 is 0 Å². The number of hydrogen-bond donors (Lipinski definition) is 1. The molecular formula is C19H29N3O. The van der Waals surface area contributed by atoms with Gasteiger partial charge in [-0.05, 0) is 38.2 Å². The van der Waals surface area contributed by atoms with Gasteiger partial charge in [-0.2, -0.15) is 0 Å². The Balaban J connectivity index is 1.81. The molecule has 0 spiro atoms. The van der Waals surface area contributed by atoms with Crippen LogP contribution in [-0.2, 0) is 10.2 Å². The molecule has 2 saturated heterocycles. The van der Waals surface area contributed by atoms with Crippen molar-refractivity contribution in [1.82, 2.24) is 10.2 Å². The van der Waals surface area contributed by atoms with Crippen LogP contribution in [-0.4, -0.2) is 50.3 Å². The smallest absolute Gasteiger partial charge is 0.193 e. The highest BCUT2D eigenvalue weighted by Gasteiger charge is 2.34. The maximum absolute atomic E-state index is 5.63. The summed E-state index contributed by atoms with van der Waals surface area (Å²) in [6.45, 7) is 7.86. The van der Waals surface area contributed by atoms with Crippen molar-refractivity contribution in [1.29, 1.82) is 0 Å². The number of benzene rings is 1. The molecule has 4 heteroatoms. The number of hydrogen-bond acceptors (Lipinski definition) is 2. The van der Waals surface area contributed by atoms with Crippen LogP contribution in [0.1, 0.15) is 38.2 Å². The predicted molar refractivity (Wildman–Crippen MR) is 95.0 cm³/mol. The van der Waals surface area contributed by atoms with Crippen molar-refractivity contribution in [3.05, 3.63) is 35.9 Å². The molecule has 0 aromatic heterocycles. The van der Waals surface area contributed by atoms with Gasteiger partial charge in [0, 0.05) is 38.3 Å². The van der Waals surface area contributed by atoms with Crippen LogP contribution in [0.4, 0.5) is 0 Å². The van der Waals surface area contributed by atoms with Gasteiger partial charge < -0.3 is 15.0 Å². The summed E-state index contributed by atoms with van der Waals surface area (Å²) >= 11 is 0. The molecule has 0 radical (unpaired) electrons. The lowest BCUT2D eigenvalue weighted by Crippen LogP contribution is -2.42. The van der Waals surface area contributed by atoms with E-state index in [9.17, 15) is 0 Å². The van der Waals surface area contributed by atoms with Crippen molar-refractivity contribution in [2.75, 3.05) is 39.4 Å². The number of guanidine groups is 1. The summed E-state index contributed by atoms with van der Waals surface area (Å²) in [5, 5.41) is 3.48. The zero-order chi connectivity index (χ0) is 16.0. The first-order valence-corrected chi connectivity index (χ1v) is 9.01. The SMILES string of the molecule is CCNC(=NCC1(c2ccccc2)CCOCC1)N1CCCC1. The predicted octanol–water partition coefficient (Wildman–Crippen LogP) is 2.80. The van der Waals surface area contributed by atoms with E-state index in [1.807, 2.05) is 0 Å². The highest BCUT2D eigenvalue weighted by Crippen LogP contribution is 2.35. The van der Waals surface area contributed by atoms with Crippen LogP contribution in [0.3, 0.4) is 0 Å². The highest BCUT2D eigenvalue weighted by molar-refractivity contribution is 5.80. The summed E-state index contributed by atoms with van der Waals surface area (Å²) in [5.41, 5.74) is 1.53. The van der Waals surface area contributed by atoms with Crippen LogP contribution < -0.4 is 5.32 Å². The maximum Gasteiger partial charge on any atom is 0.193 e. The van der Waals surface area contributed by atoms with Crippen molar-refractivity contribution in [2.45, 2.75) is 38.0 Å². The van der Waals surface area contributed by atoms with Gasteiger partial charge in [-0.25, -0.2) is 0 Å². The van der Waals surface area contributed by atoms with E-state index in [1.165, 1.54) is 18.4 Å². The van der Waals surface area contributed by atoms with Gasteiger partial charge in [0.05, 0.1) is 6.54 Å². The molecule has 2 heterocycles. The van der Waals surface area contributed by atoms with E-state index in [2.05, 4.69) is 47.5 Å². The molecule has 1 aromatic carbocycles. The standard InChI is InChI=1S/C19H29N3O/c1-2-20-18(22-12-6-7-13-22)21-16-19(10-14-23-15-11-19)17-8-4-3-5-9-17/h3-5,8-9H,2,6-7,10-16H2,1H3,(H,20,21). The fourth-order valence-electron chi connectivity index (χ4n) is 3.67. The number of aliphatic imine (C=N–C) groups is 1. The number of nitrogens with one attached hydrogen (secondary N) is 1. The lowest BCUT2D eigenvalue weighted by atomic mass is 9.74. The normalized spacial score (nSPS) is 21.4. The second-order valence-corrected chi connectivity index (χ2v) is 6.62. The summed E-state index contributed by atoms with van der Waals surface area (Å²) < 4.78 is 5.63. The van der Waals surface area contributed by atoms with E-state index >= 15 is 0 Å². The van der Waals surface area contributed by atoms with Gasteiger partial charge in [0.25, 0.3) is 0 Å². The Hall–Kier alpha value is -1.55. The Kier molecular flexibility index (Phi) is 5.55. The van der Waals surface area contributed by atoms with Crippen molar-refractivity contribution in [3.8, 4) is 0 Å². The average Bonchev–Trinajstić information content (AvgIpc) is 3.15. The van der Waals surface area contributed by atoms with Crippen LogP contribution in [0.25, 0.3) is 0 Å². The number of rotatable bonds is 4. The summed E-state index contributed by atoms with van der Waals surface area (Å²) in [6, 6.07) is 10.9. The van der Waals surface area contributed by atoms with Gasteiger partial charge in [-0.3, -0.25) is 4.99 Å². The van der Waals surface area contributed by atoms with Crippen molar-refractivity contribution < 1.29 is 4.74 Å². The molecule has 0 amide bonds. The first-order chi connectivity index (χ1) is 11.3. The molecule has 0 saturated carbocycles. The zero-order valence-electron chi connectivity index (χ0n) is 14.3. The van der Waals surface area contributed by atoms with Crippen molar-refractivity contribution in [2.24, 2.45) is 4.99 Å². The Morgan fingerprint density at radius 1 is 1.17 bits per heavy atom. The van der Waals surface area contributed by atoms with Gasteiger partial charge in [0.1, 0.15) is 0 Å². The van der Waals surface area contributed by atoms with Gasteiger partial charge in [-0.1, -0.05) is 30.3 Å². The Morgan fingerprint density at radius 2 is 1.87 bits per heavy atom. The van der Waals surface area contributed by atoms with Crippen LogP contribution in [0.2, 0.25) is 0 Å². The molecule has 4 nitrogen and oxygen atoms in total. The fourth-order valence-corrected chi connectivity index (χ4v) is 3.67. The molecule has 23 heavy (non-hydrogen) atoms. The number of likely N-dealkylation sites (tertiary alicyclic amines) is 1. The lowest BCUT2D eigenvalue weighted by Gasteiger charge is -2.37. The summed E-state index contributed by atoms with van der Waals surface area (Å²) in [7, 11) is 0. The molecule has 126 valence electrons. The Labute approximate surface area is 139 Å². The zero-order valence-corrected chi connectivity index (χ0v) is 14.3. The van der Waals surface area contributed by atoms with Crippen LogP contribution in [0.15, 0.2) is 35.3 Å². The van der Waals surface area contributed by atoms with Gasteiger partial charge in [-0.15, -0.1) is 0 Å². The van der Waals surface area contributed by atoms with Crippen LogP contribution in [0, 0.1) is 0 Å². The third-order valence-corrected chi connectivity index (χ3v) is 5.11. The van der Waals surface area contributed by atoms with Crippen LogP contribution >= 0.6 is 0 Å². The molecule has 1 aromatic rings. The maximum atomic E-state index is 5.63. The minimum atomic E-state index is 0.125. The summed E-state index contributed by atoms with van der Waals surface area (Å²) in [5.74, 6) is 1.09. The quantitative estimate of drug-likeness (QED) is 0.686. The molecule has 0 bridgehead atoms. The highest BCUT2D eigenvalue weighted by atomic mass is 16.5. The van der Waals surface area contributed by atoms with Crippen molar-refractivity contribution >= 4 is 5.96 Å². The van der Waals surface area contributed by atoms with Gasteiger partial charge in [0.2, 0.25) is 0 Å². The second-order valence-electron chi connectivity index (χ2n) is 6.62. The fraction of sp³-hybridized carbons (Fsp3) is 0.632. The van der Waals surface area contributed by atoms with E-state index in [4.69, 9.17) is 9.73 Å². The topological polar surface area (TPSA) is 36.9 Å². The lowest BCUT2D eigenvalue weighted by molar-refractivity contribution is 0.0530. The molecule has 0 atom stereocenters. The minimum Gasteiger partial charge on any atom is -0.381 e. The summed E-state index contributed by atoms with van der Waals surface area (Å²) in [4.78, 5) is 7.45. The molecule has 2 fully saturated rings. The first kappa shape index (κ1) is 16.3. The third kappa shape index (κ3) is 3.86. The number of ether oxygens (including phenoxy) is 1. The largest absolute Gasteiger partial charge is 0.381 e.